The minimum atomic E-state index is 0.713. The van der Waals surface area contributed by atoms with E-state index >= 15 is 0 Å². The van der Waals surface area contributed by atoms with Gasteiger partial charge in [-0.2, -0.15) is 4.98 Å². The predicted octanol–water partition coefficient (Wildman–Crippen LogP) is 3.93. The second-order valence-corrected chi connectivity index (χ2v) is 7.25. The Hall–Kier alpha value is -3.51. The van der Waals surface area contributed by atoms with Crippen LogP contribution in [0.25, 0.3) is 38.6 Å². The fraction of sp³-hybridized carbons (Fsp3) is 0.174. The zero-order valence-electron chi connectivity index (χ0n) is 15.8. The number of aromatic nitrogens is 4. The molecule has 0 amide bonds. The molecule has 6 heteroatoms. The van der Waals surface area contributed by atoms with E-state index in [1.807, 2.05) is 36.7 Å². The molecular formula is C23H19N5O. The molecule has 142 valence electrons. The quantitative estimate of drug-likeness (QED) is 0.464. The molecule has 0 spiro atoms. The van der Waals surface area contributed by atoms with Gasteiger partial charge in [-0.05, 0) is 24.3 Å². The summed E-state index contributed by atoms with van der Waals surface area (Å²) in [5.74, 6) is 0.757. The highest BCUT2D eigenvalue weighted by atomic mass is 16.5. The number of morpholine rings is 1. The molecule has 1 fully saturated rings. The van der Waals surface area contributed by atoms with Gasteiger partial charge in [0.05, 0.1) is 24.2 Å². The summed E-state index contributed by atoms with van der Waals surface area (Å²) in [5, 5.41) is 2.16. The van der Waals surface area contributed by atoms with Gasteiger partial charge in [-0.25, -0.2) is 4.98 Å². The fourth-order valence-electron chi connectivity index (χ4n) is 4.12. The van der Waals surface area contributed by atoms with Crippen LogP contribution in [0.5, 0.6) is 0 Å². The largest absolute Gasteiger partial charge is 0.378 e. The first-order valence-corrected chi connectivity index (χ1v) is 9.82. The maximum atomic E-state index is 5.47. The Bertz CT molecular complexity index is 1350. The highest BCUT2D eigenvalue weighted by molar-refractivity contribution is 6.05. The second-order valence-electron chi connectivity index (χ2n) is 7.25. The third-order valence-corrected chi connectivity index (χ3v) is 5.54. The summed E-state index contributed by atoms with van der Waals surface area (Å²) in [6.07, 6.45) is 5.95. The standard InChI is InChI=1S/C23H19N5O/c1-2-6-19-16(5-1)13-17(14-24-19)21-18-15-25-23(27-9-11-29-12-10-27)26-22(18)28-8-4-3-7-20(21)28/h1-8,13-15H,9-12H2. The Labute approximate surface area is 167 Å². The van der Waals surface area contributed by atoms with Crippen LogP contribution in [0.3, 0.4) is 0 Å². The minimum Gasteiger partial charge on any atom is -0.378 e. The van der Waals surface area contributed by atoms with Crippen molar-refractivity contribution in [2.24, 2.45) is 0 Å². The van der Waals surface area contributed by atoms with E-state index in [1.165, 1.54) is 0 Å². The summed E-state index contributed by atoms with van der Waals surface area (Å²) in [6.45, 7) is 3.06. The lowest BCUT2D eigenvalue weighted by Crippen LogP contribution is -2.37. The lowest BCUT2D eigenvalue weighted by molar-refractivity contribution is 0.122. The van der Waals surface area contributed by atoms with E-state index in [1.54, 1.807) is 0 Å². The molecule has 6 rings (SSSR count). The molecule has 1 aliphatic rings. The third kappa shape index (κ3) is 2.64. The lowest BCUT2D eigenvalue weighted by Gasteiger charge is -2.26. The predicted molar refractivity (Wildman–Crippen MR) is 114 cm³/mol. The normalized spacial score (nSPS) is 14.8. The summed E-state index contributed by atoms with van der Waals surface area (Å²) in [5.41, 5.74) is 5.21. The molecule has 29 heavy (non-hydrogen) atoms. The summed E-state index contributed by atoms with van der Waals surface area (Å²) in [6, 6.07) is 16.6. The number of fused-ring (bicyclic) bond motifs is 4. The summed E-state index contributed by atoms with van der Waals surface area (Å²) in [4.78, 5) is 16.5. The Morgan fingerprint density at radius 3 is 2.69 bits per heavy atom. The molecule has 0 bridgehead atoms. The van der Waals surface area contributed by atoms with E-state index in [-0.39, 0.29) is 0 Å². The molecule has 0 aliphatic carbocycles. The van der Waals surface area contributed by atoms with E-state index in [4.69, 9.17) is 14.7 Å². The number of para-hydroxylation sites is 1. The summed E-state index contributed by atoms with van der Waals surface area (Å²) >= 11 is 0. The van der Waals surface area contributed by atoms with Crippen LogP contribution in [-0.2, 0) is 4.74 Å². The van der Waals surface area contributed by atoms with Crippen molar-refractivity contribution in [3.8, 4) is 11.1 Å². The molecule has 1 saturated heterocycles. The van der Waals surface area contributed by atoms with Gasteiger partial charge in [0, 0.05) is 53.6 Å². The van der Waals surface area contributed by atoms with Crippen molar-refractivity contribution in [1.82, 2.24) is 19.4 Å². The average molecular weight is 381 g/mol. The zero-order valence-corrected chi connectivity index (χ0v) is 15.8. The van der Waals surface area contributed by atoms with Gasteiger partial charge >= 0.3 is 0 Å². The maximum absolute atomic E-state index is 5.47. The highest BCUT2D eigenvalue weighted by Crippen LogP contribution is 2.35. The van der Waals surface area contributed by atoms with Crippen LogP contribution in [0, 0.1) is 0 Å². The Morgan fingerprint density at radius 1 is 0.897 bits per heavy atom. The average Bonchev–Trinajstić information content (AvgIpc) is 3.13. The van der Waals surface area contributed by atoms with E-state index in [2.05, 4.69) is 44.7 Å². The molecule has 0 unspecified atom stereocenters. The molecule has 0 atom stereocenters. The molecular weight excluding hydrogens is 362 g/mol. The molecule has 5 heterocycles. The number of ether oxygens (including phenoxy) is 1. The van der Waals surface area contributed by atoms with E-state index in [0.717, 1.165) is 57.6 Å². The van der Waals surface area contributed by atoms with Crippen molar-refractivity contribution in [3.05, 3.63) is 67.1 Å². The van der Waals surface area contributed by atoms with Crippen molar-refractivity contribution < 1.29 is 4.74 Å². The van der Waals surface area contributed by atoms with Gasteiger partial charge in [0.15, 0.2) is 5.65 Å². The first-order chi connectivity index (χ1) is 14.4. The van der Waals surface area contributed by atoms with E-state index < -0.39 is 0 Å². The van der Waals surface area contributed by atoms with Gasteiger partial charge in [0.25, 0.3) is 0 Å². The fourth-order valence-corrected chi connectivity index (χ4v) is 4.12. The van der Waals surface area contributed by atoms with Crippen LogP contribution in [0.1, 0.15) is 0 Å². The first-order valence-electron chi connectivity index (χ1n) is 9.82. The van der Waals surface area contributed by atoms with Crippen LogP contribution < -0.4 is 4.90 Å². The van der Waals surface area contributed by atoms with Crippen LogP contribution in [0.4, 0.5) is 5.95 Å². The lowest BCUT2D eigenvalue weighted by atomic mass is 10.0. The van der Waals surface area contributed by atoms with Crippen LogP contribution in [0.2, 0.25) is 0 Å². The number of hydrogen-bond donors (Lipinski definition) is 0. The monoisotopic (exact) mass is 381 g/mol. The van der Waals surface area contributed by atoms with Crippen molar-refractivity contribution in [1.29, 1.82) is 0 Å². The van der Waals surface area contributed by atoms with Crippen LogP contribution in [0.15, 0.2) is 67.1 Å². The van der Waals surface area contributed by atoms with Gasteiger partial charge in [-0.3, -0.25) is 4.98 Å². The molecule has 1 aliphatic heterocycles. The number of pyridine rings is 2. The van der Waals surface area contributed by atoms with Gasteiger partial charge in [0.2, 0.25) is 5.95 Å². The Kier molecular flexibility index (Phi) is 3.70. The summed E-state index contributed by atoms with van der Waals surface area (Å²) < 4.78 is 7.61. The molecule has 0 saturated carbocycles. The SMILES string of the molecule is c1ccc2ncc(-c3c4cnc(N5CCOCC5)nc4n4ccccc34)cc2c1. The van der Waals surface area contributed by atoms with Crippen LogP contribution in [-0.4, -0.2) is 45.7 Å². The van der Waals surface area contributed by atoms with Gasteiger partial charge < -0.3 is 14.0 Å². The molecule has 0 N–H and O–H groups in total. The number of rotatable bonds is 2. The van der Waals surface area contributed by atoms with Gasteiger partial charge in [-0.15, -0.1) is 0 Å². The summed E-state index contributed by atoms with van der Waals surface area (Å²) in [7, 11) is 0. The van der Waals surface area contributed by atoms with E-state index in [9.17, 15) is 0 Å². The van der Waals surface area contributed by atoms with Crippen molar-refractivity contribution >= 4 is 33.4 Å². The Balaban J connectivity index is 1.60. The van der Waals surface area contributed by atoms with Gasteiger partial charge in [0.1, 0.15) is 0 Å². The highest BCUT2D eigenvalue weighted by Gasteiger charge is 2.19. The Morgan fingerprint density at radius 2 is 1.76 bits per heavy atom. The van der Waals surface area contributed by atoms with Gasteiger partial charge in [-0.1, -0.05) is 24.3 Å². The molecule has 0 radical (unpaired) electrons. The molecule has 5 aromatic rings. The first kappa shape index (κ1) is 16.4. The molecule has 4 aromatic heterocycles. The van der Waals surface area contributed by atoms with Crippen molar-refractivity contribution in [2.75, 3.05) is 31.2 Å². The topological polar surface area (TPSA) is 55.5 Å². The van der Waals surface area contributed by atoms with Crippen LogP contribution >= 0.6 is 0 Å². The van der Waals surface area contributed by atoms with Crippen molar-refractivity contribution in [2.45, 2.75) is 0 Å². The smallest absolute Gasteiger partial charge is 0.227 e. The zero-order chi connectivity index (χ0) is 19.2. The minimum absolute atomic E-state index is 0.713. The maximum Gasteiger partial charge on any atom is 0.227 e. The molecule has 6 nitrogen and oxygen atoms in total. The second kappa shape index (κ2) is 6.53. The third-order valence-electron chi connectivity index (χ3n) is 5.54. The van der Waals surface area contributed by atoms with Crippen molar-refractivity contribution in [3.63, 3.8) is 0 Å². The molecule has 1 aromatic carbocycles. The number of anilines is 1. The van der Waals surface area contributed by atoms with E-state index in [0.29, 0.717) is 13.2 Å². The number of nitrogens with zero attached hydrogens (tertiary/aromatic N) is 5. The number of benzene rings is 1. The number of hydrogen-bond acceptors (Lipinski definition) is 5.